The lowest BCUT2D eigenvalue weighted by Gasteiger charge is -2.19. The van der Waals surface area contributed by atoms with Crippen molar-refractivity contribution in [1.82, 2.24) is 4.72 Å². The second-order valence-electron chi connectivity index (χ2n) is 5.73. The Morgan fingerprint density at radius 2 is 1.89 bits per heavy atom. The number of carbonyl (C=O) groups excluding carboxylic acids is 1. The fourth-order valence-corrected chi connectivity index (χ4v) is 3.55. The molecule has 2 aromatic rings. The molecular weight excluding hydrogens is 372 g/mol. The highest BCUT2D eigenvalue weighted by Gasteiger charge is 2.17. The summed E-state index contributed by atoms with van der Waals surface area (Å²) in [5, 5.41) is 2.73. The average Bonchev–Trinajstić information content (AvgIpc) is 2.68. The lowest BCUT2D eigenvalue weighted by Crippen LogP contribution is -2.27. The van der Waals surface area contributed by atoms with Crippen LogP contribution in [-0.4, -0.2) is 47.8 Å². The fraction of sp³-hybridized carbons (Fsp3) is 0.278. The van der Waals surface area contributed by atoms with E-state index in [2.05, 4.69) is 10.0 Å². The van der Waals surface area contributed by atoms with Crippen LogP contribution in [0.2, 0.25) is 0 Å². The number of sulfonamides is 1. The molecule has 0 saturated carbocycles. The molecule has 2 N–H and O–H groups in total. The van der Waals surface area contributed by atoms with Crippen LogP contribution in [0, 0.1) is 0 Å². The zero-order valence-electron chi connectivity index (χ0n) is 14.7. The molecule has 0 fully saturated rings. The van der Waals surface area contributed by atoms with Gasteiger partial charge in [-0.25, -0.2) is 13.1 Å². The summed E-state index contributed by atoms with van der Waals surface area (Å²) in [6, 6.07) is 10.9. The van der Waals surface area contributed by atoms with Crippen LogP contribution >= 0.6 is 0 Å². The van der Waals surface area contributed by atoms with Gasteiger partial charge in [-0.3, -0.25) is 4.79 Å². The van der Waals surface area contributed by atoms with Crippen molar-refractivity contribution in [3.05, 3.63) is 48.0 Å². The van der Waals surface area contributed by atoms with E-state index in [1.54, 1.807) is 24.3 Å². The van der Waals surface area contributed by atoms with Crippen LogP contribution in [-0.2, 0) is 14.8 Å². The first kappa shape index (κ1) is 19.2. The lowest BCUT2D eigenvalue weighted by atomic mass is 10.2. The molecule has 1 amide bonds. The number of carbonyl (C=O) groups is 1. The van der Waals surface area contributed by atoms with Gasteiger partial charge in [0.25, 0.3) is 5.91 Å². The van der Waals surface area contributed by atoms with Gasteiger partial charge in [-0.2, -0.15) is 0 Å². The van der Waals surface area contributed by atoms with Crippen molar-refractivity contribution >= 4 is 21.6 Å². The number of hydrogen-bond donors (Lipinski definition) is 2. The maximum Gasteiger partial charge on any atom is 0.255 e. The first-order valence-electron chi connectivity index (χ1n) is 8.29. The molecule has 1 aliphatic heterocycles. The Balaban J connectivity index is 1.74. The topological polar surface area (TPSA) is 103 Å². The van der Waals surface area contributed by atoms with E-state index in [4.69, 9.17) is 14.2 Å². The molecule has 2 aromatic carbocycles. The van der Waals surface area contributed by atoms with Gasteiger partial charge in [-0.05, 0) is 30.3 Å². The number of nitrogens with one attached hydrogen (secondary N) is 2. The van der Waals surface area contributed by atoms with Crippen LogP contribution < -0.4 is 19.5 Å². The van der Waals surface area contributed by atoms with E-state index >= 15 is 0 Å². The Labute approximate surface area is 157 Å². The Kier molecular flexibility index (Phi) is 5.94. The number of methoxy groups -OCH3 is 1. The van der Waals surface area contributed by atoms with E-state index in [1.165, 1.54) is 25.3 Å². The predicted octanol–water partition coefficient (Wildman–Crippen LogP) is 1.63. The number of hydrogen-bond acceptors (Lipinski definition) is 6. The molecular formula is C18H20N2O6S. The van der Waals surface area contributed by atoms with Crippen molar-refractivity contribution < 1.29 is 27.4 Å². The van der Waals surface area contributed by atoms with Crippen molar-refractivity contribution in [2.75, 3.05) is 38.8 Å². The number of benzene rings is 2. The third kappa shape index (κ3) is 4.76. The number of ether oxygens (including phenoxy) is 3. The zero-order valence-corrected chi connectivity index (χ0v) is 15.5. The van der Waals surface area contributed by atoms with Crippen LogP contribution in [0.4, 0.5) is 5.69 Å². The Morgan fingerprint density at radius 3 is 2.67 bits per heavy atom. The Bertz CT molecular complexity index is 929. The van der Waals surface area contributed by atoms with Gasteiger partial charge < -0.3 is 19.5 Å². The number of amides is 1. The predicted molar refractivity (Wildman–Crippen MR) is 98.9 cm³/mol. The average molecular weight is 392 g/mol. The van der Waals surface area contributed by atoms with Crippen molar-refractivity contribution in [3.63, 3.8) is 0 Å². The van der Waals surface area contributed by atoms with Gasteiger partial charge >= 0.3 is 0 Å². The molecule has 1 aliphatic rings. The van der Waals surface area contributed by atoms with E-state index < -0.39 is 15.9 Å². The summed E-state index contributed by atoms with van der Waals surface area (Å²) in [5.74, 6) is 0.743. The summed E-state index contributed by atoms with van der Waals surface area (Å²) in [6.45, 7) is 1.33. The molecule has 0 radical (unpaired) electrons. The number of rotatable bonds is 7. The van der Waals surface area contributed by atoms with Gasteiger partial charge in [0.2, 0.25) is 10.0 Å². The summed E-state index contributed by atoms with van der Waals surface area (Å²) in [4.78, 5) is 12.5. The van der Waals surface area contributed by atoms with Gasteiger partial charge in [-0.1, -0.05) is 6.07 Å². The molecule has 0 unspecified atom stereocenters. The van der Waals surface area contributed by atoms with Crippen molar-refractivity contribution in [3.8, 4) is 11.5 Å². The smallest absolute Gasteiger partial charge is 0.255 e. The SMILES string of the molecule is COCCNS(=O)(=O)c1cccc(C(=O)Nc2ccc3c(c2)OCCO3)c1. The highest BCUT2D eigenvalue weighted by atomic mass is 32.2. The molecule has 9 heteroatoms. The molecule has 3 rings (SSSR count). The zero-order chi connectivity index (χ0) is 19.3. The molecule has 0 spiro atoms. The summed E-state index contributed by atoms with van der Waals surface area (Å²) in [5.41, 5.74) is 0.746. The van der Waals surface area contributed by atoms with Crippen LogP contribution in [0.15, 0.2) is 47.4 Å². The van der Waals surface area contributed by atoms with Crippen LogP contribution in [0.1, 0.15) is 10.4 Å². The van der Waals surface area contributed by atoms with Gasteiger partial charge in [0.15, 0.2) is 11.5 Å². The lowest BCUT2D eigenvalue weighted by molar-refractivity contribution is 0.102. The van der Waals surface area contributed by atoms with Gasteiger partial charge in [0.1, 0.15) is 13.2 Å². The van der Waals surface area contributed by atoms with Crippen LogP contribution in [0.25, 0.3) is 0 Å². The maximum absolute atomic E-state index is 12.5. The third-order valence-electron chi connectivity index (χ3n) is 3.80. The summed E-state index contributed by atoms with van der Waals surface area (Å²) in [6.07, 6.45) is 0. The first-order chi connectivity index (χ1) is 13.0. The third-order valence-corrected chi connectivity index (χ3v) is 5.26. The second-order valence-corrected chi connectivity index (χ2v) is 7.50. The Morgan fingerprint density at radius 1 is 1.11 bits per heavy atom. The summed E-state index contributed by atoms with van der Waals surface area (Å²) < 4.78 is 42.7. The van der Waals surface area contributed by atoms with Crippen LogP contribution in [0.5, 0.6) is 11.5 Å². The van der Waals surface area contributed by atoms with Gasteiger partial charge in [-0.15, -0.1) is 0 Å². The molecule has 1 heterocycles. The molecule has 0 aliphatic carbocycles. The fourth-order valence-electron chi connectivity index (χ4n) is 2.49. The molecule has 8 nitrogen and oxygen atoms in total. The van der Waals surface area contributed by atoms with Crippen LogP contribution in [0.3, 0.4) is 0 Å². The monoisotopic (exact) mass is 392 g/mol. The first-order valence-corrected chi connectivity index (χ1v) is 9.77. The highest BCUT2D eigenvalue weighted by molar-refractivity contribution is 7.89. The van der Waals surface area contributed by atoms with Gasteiger partial charge in [0.05, 0.1) is 11.5 Å². The summed E-state index contributed by atoms with van der Waals surface area (Å²) >= 11 is 0. The Hall–Kier alpha value is -2.62. The maximum atomic E-state index is 12.5. The van der Waals surface area contributed by atoms with E-state index in [1.807, 2.05) is 0 Å². The quantitative estimate of drug-likeness (QED) is 0.695. The number of fused-ring (bicyclic) bond motifs is 1. The van der Waals surface area contributed by atoms with Crippen molar-refractivity contribution in [2.45, 2.75) is 4.90 Å². The minimum absolute atomic E-state index is 0.00780. The minimum Gasteiger partial charge on any atom is -0.486 e. The van der Waals surface area contributed by atoms with E-state index in [0.29, 0.717) is 30.4 Å². The molecule has 0 bridgehead atoms. The highest BCUT2D eigenvalue weighted by Crippen LogP contribution is 2.32. The second kappa shape index (κ2) is 8.38. The van der Waals surface area contributed by atoms with Crippen molar-refractivity contribution in [1.29, 1.82) is 0 Å². The van der Waals surface area contributed by atoms with E-state index in [0.717, 1.165) is 0 Å². The normalized spacial score (nSPS) is 13.2. The molecule has 0 saturated heterocycles. The van der Waals surface area contributed by atoms with Crippen molar-refractivity contribution in [2.24, 2.45) is 0 Å². The number of anilines is 1. The molecule has 0 atom stereocenters. The summed E-state index contributed by atoms with van der Waals surface area (Å²) in [7, 11) is -2.24. The largest absolute Gasteiger partial charge is 0.486 e. The van der Waals surface area contributed by atoms with E-state index in [9.17, 15) is 13.2 Å². The molecule has 27 heavy (non-hydrogen) atoms. The standard InChI is InChI=1S/C18H20N2O6S/c1-24-8-7-19-27(22,23)15-4-2-3-13(11-15)18(21)20-14-5-6-16-17(12-14)26-10-9-25-16/h2-6,11-12,19H,7-10H2,1H3,(H,20,21). The minimum atomic E-state index is -3.72. The molecule has 0 aromatic heterocycles. The van der Waals surface area contributed by atoms with Gasteiger partial charge in [0, 0.05) is 31.0 Å². The molecule has 144 valence electrons. The van der Waals surface area contributed by atoms with E-state index in [-0.39, 0.29) is 23.6 Å².